The lowest BCUT2D eigenvalue weighted by Crippen LogP contribution is -2.23. The van der Waals surface area contributed by atoms with Crippen molar-refractivity contribution in [2.45, 2.75) is 39.7 Å². The molecule has 0 saturated heterocycles. The Balaban J connectivity index is 0.000000291. The molecule has 0 aliphatic carbocycles. The summed E-state index contributed by atoms with van der Waals surface area (Å²) in [5, 5.41) is 3.88. The highest BCUT2D eigenvalue weighted by molar-refractivity contribution is 5.57. The van der Waals surface area contributed by atoms with Crippen molar-refractivity contribution in [3.05, 3.63) is 0 Å². The van der Waals surface area contributed by atoms with Gasteiger partial charge in [0.15, 0.2) is 0 Å². The molecule has 1 aliphatic heterocycles. The van der Waals surface area contributed by atoms with Crippen LogP contribution in [0.1, 0.15) is 33.6 Å². The van der Waals surface area contributed by atoms with Gasteiger partial charge in [0, 0.05) is 12.3 Å². The van der Waals surface area contributed by atoms with E-state index in [1.807, 2.05) is 20.1 Å². The number of hydrazone groups is 1. The van der Waals surface area contributed by atoms with Crippen LogP contribution in [0.2, 0.25) is 0 Å². The molecule has 1 aliphatic rings. The Morgan fingerprint density at radius 3 is 2.44 bits per heavy atom. The van der Waals surface area contributed by atoms with Crippen LogP contribution in [-0.4, -0.2) is 12.3 Å². The van der Waals surface area contributed by atoms with Gasteiger partial charge >= 0.3 is 0 Å². The van der Waals surface area contributed by atoms with E-state index >= 15 is 0 Å². The molecule has 0 fully saturated rings. The van der Waals surface area contributed by atoms with Gasteiger partial charge in [-0.3, -0.25) is 0 Å². The molecule has 0 bridgehead atoms. The van der Waals surface area contributed by atoms with E-state index in [0.717, 1.165) is 6.42 Å². The van der Waals surface area contributed by atoms with Crippen molar-refractivity contribution in [2.24, 2.45) is 5.10 Å². The van der Waals surface area contributed by atoms with Gasteiger partial charge in [-0.2, -0.15) is 5.10 Å². The van der Waals surface area contributed by atoms with Crippen LogP contribution in [0.4, 0.5) is 0 Å². The van der Waals surface area contributed by atoms with Crippen LogP contribution in [0.15, 0.2) is 5.10 Å². The average molecular weight is 128 g/mol. The van der Waals surface area contributed by atoms with E-state index < -0.39 is 0 Å². The molecule has 1 atom stereocenters. The van der Waals surface area contributed by atoms with Crippen LogP contribution in [0.25, 0.3) is 0 Å². The van der Waals surface area contributed by atoms with Crippen molar-refractivity contribution in [1.82, 2.24) is 5.43 Å². The zero-order chi connectivity index (χ0) is 7.11. The summed E-state index contributed by atoms with van der Waals surface area (Å²) in [6, 6.07) is 0.588. The minimum absolute atomic E-state index is 0.588. The van der Waals surface area contributed by atoms with Gasteiger partial charge in [0.1, 0.15) is 0 Å². The first-order valence-corrected chi connectivity index (χ1v) is 3.66. The highest BCUT2D eigenvalue weighted by Gasteiger charge is 1.99. The normalized spacial score (nSPS) is 23.7. The van der Waals surface area contributed by atoms with Gasteiger partial charge in [-0.1, -0.05) is 13.8 Å². The third-order valence-corrected chi connectivity index (χ3v) is 1.11. The predicted octanol–water partition coefficient (Wildman–Crippen LogP) is 1.77. The minimum atomic E-state index is 0.588. The molecule has 0 radical (unpaired) electrons. The Morgan fingerprint density at radius 2 is 2.22 bits per heavy atom. The zero-order valence-electron chi connectivity index (χ0n) is 6.52. The van der Waals surface area contributed by atoms with E-state index in [-0.39, 0.29) is 0 Å². The molecule has 1 unspecified atom stereocenters. The van der Waals surface area contributed by atoms with E-state index in [2.05, 4.69) is 17.5 Å². The molecule has 1 N–H and O–H groups in total. The fourth-order valence-corrected chi connectivity index (χ4v) is 0.634. The third kappa shape index (κ3) is 4.01. The molecular weight excluding hydrogens is 112 g/mol. The van der Waals surface area contributed by atoms with Gasteiger partial charge in [0.2, 0.25) is 0 Å². The predicted molar refractivity (Wildman–Crippen MR) is 41.7 cm³/mol. The van der Waals surface area contributed by atoms with E-state index in [4.69, 9.17) is 0 Å². The monoisotopic (exact) mass is 128 g/mol. The largest absolute Gasteiger partial charge is 0.308 e. The number of hydrogen-bond donors (Lipinski definition) is 1. The molecule has 0 saturated carbocycles. The van der Waals surface area contributed by atoms with E-state index in [9.17, 15) is 0 Å². The summed E-state index contributed by atoms with van der Waals surface area (Å²) in [5.41, 5.74) is 2.95. The van der Waals surface area contributed by atoms with Crippen LogP contribution >= 0.6 is 0 Å². The van der Waals surface area contributed by atoms with Crippen LogP contribution in [0.5, 0.6) is 0 Å². The van der Waals surface area contributed by atoms with E-state index in [0.29, 0.717) is 6.04 Å². The van der Waals surface area contributed by atoms with Crippen molar-refractivity contribution < 1.29 is 0 Å². The second-order valence-corrected chi connectivity index (χ2v) is 1.92. The van der Waals surface area contributed by atoms with Crippen LogP contribution in [0, 0.1) is 0 Å². The summed E-state index contributed by atoms with van der Waals surface area (Å²) in [7, 11) is 0. The Kier molecular flexibility index (Phi) is 5.27. The zero-order valence-corrected chi connectivity index (χ0v) is 6.52. The summed E-state index contributed by atoms with van der Waals surface area (Å²) in [6.07, 6.45) is 4.28. The van der Waals surface area contributed by atoms with Crippen LogP contribution in [-0.2, 0) is 0 Å². The van der Waals surface area contributed by atoms with Crippen molar-refractivity contribution in [3.8, 4) is 0 Å². The minimum Gasteiger partial charge on any atom is -0.308 e. The highest BCUT2D eigenvalue weighted by Crippen LogP contribution is 1.97. The van der Waals surface area contributed by atoms with Crippen molar-refractivity contribution in [2.75, 3.05) is 0 Å². The molecule has 9 heavy (non-hydrogen) atoms. The smallest absolute Gasteiger partial charge is 0.0415 e. The number of nitrogens with zero attached hydrogens (tertiary/aromatic N) is 1. The summed E-state index contributed by atoms with van der Waals surface area (Å²) in [5.74, 6) is 0. The number of rotatable bonds is 0. The Labute approximate surface area is 57.3 Å². The topological polar surface area (TPSA) is 24.4 Å². The molecule has 2 heteroatoms. The second kappa shape index (κ2) is 5.60. The molecule has 0 aromatic rings. The summed E-state index contributed by atoms with van der Waals surface area (Å²) >= 11 is 0. The second-order valence-electron chi connectivity index (χ2n) is 1.92. The number of nitrogens with one attached hydrogen (secondary N) is 1. The fourth-order valence-electron chi connectivity index (χ4n) is 0.634. The van der Waals surface area contributed by atoms with Crippen LogP contribution < -0.4 is 5.43 Å². The SMILES string of the molecule is CC.CC1CCC=NN1. The maximum Gasteiger partial charge on any atom is 0.0415 e. The summed E-state index contributed by atoms with van der Waals surface area (Å²) < 4.78 is 0. The molecule has 1 heterocycles. The third-order valence-electron chi connectivity index (χ3n) is 1.11. The van der Waals surface area contributed by atoms with Gasteiger partial charge in [-0.25, -0.2) is 0 Å². The van der Waals surface area contributed by atoms with Gasteiger partial charge in [0.25, 0.3) is 0 Å². The molecule has 54 valence electrons. The maximum atomic E-state index is 3.88. The van der Waals surface area contributed by atoms with Crippen LogP contribution in [0.3, 0.4) is 0 Å². The summed E-state index contributed by atoms with van der Waals surface area (Å²) in [6.45, 7) is 6.14. The lowest BCUT2D eigenvalue weighted by Gasteiger charge is -2.12. The maximum absolute atomic E-state index is 3.88. The highest BCUT2D eigenvalue weighted by atomic mass is 15.3. The van der Waals surface area contributed by atoms with Gasteiger partial charge < -0.3 is 5.43 Å². The van der Waals surface area contributed by atoms with Crippen molar-refractivity contribution in [3.63, 3.8) is 0 Å². The Bertz CT molecular complexity index is 79.0. The van der Waals surface area contributed by atoms with Crippen molar-refractivity contribution >= 4 is 6.21 Å². The molecule has 0 amide bonds. The Morgan fingerprint density at radius 1 is 1.56 bits per heavy atom. The lowest BCUT2D eigenvalue weighted by atomic mass is 10.2. The number of hydrogen-bond acceptors (Lipinski definition) is 2. The van der Waals surface area contributed by atoms with E-state index in [1.54, 1.807) is 0 Å². The summed E-state index contributed by atoms with van der Waals surface area (Å²) in [4.78, 5) is 0. The lowest BCUT2D eigenvalue weighted by molar-refractivity contribution is 0.525. The fraction of sp³-hybridized carbons (Fsp3) is 0.857. The van der Waals surface area contributed by atoms with Gasteiger partial charge in [-0.05, 0) is 19.8 Å². The molecular formula is C7H16N2. The first kappa shape index (κ1) is 8.47. The van der Waals surface area contributed by atoms with Gasteiger partial charge in [0.05, 0.1) is 0 Å². The standard InChI is InChI=1S/C5H10N2.C2H6/c1-5-3-2-4-6-7-5;1-2/h4-5,7H,2-3H2,1H3;1-2H3. The van der Waals surface area contributed by atoms with E-state index in [1.165, 1.54) is 6.42 Å². The average Bonchev–Trinajstić information content (AvgIpc) is 1.94. The van der Waals surface area contributed by atoms with Gasteiger partial charge in [-0.15, -0.1) is 0 Å². The first-order valence-electron chi connectivity index (χ1n) is 3.66. The molecule has 0 spiro atoms. The first-order chi connectivity index (χ1) is 4.39. The molecule has 1 rings (SSSR count). The molecule has 0 aromatic carbocycles. The van der Waals surface area contributed by atoms with Crippen molar-refractivity contribution in [1.29, 1.82) is 0 Å². The molecule has 2 nitrogen and oxygen atoms in total. The Hall–Kier alpha value is -0.530. The molecule has 0 aromatic heterocycles. The quantitative estimate of drug-likeness (QED) is 0.528.